The van der Waals surface area contributed by atoms with E-state index in [2.05, 4.69) is 79.4 Å². The van der Waals surface area contributed by atoms with E-state index in [1.54, 1.807) is 0 Å². The summed E-state index contributed by atoms with van der Waals surface area (Å²) in [6, 6.07) is 9.95. The Hall–Kier alpha value is -1.59. The van der Waals surface area contributed by atoms with Gasteiger partial charge in [-0.25, -0.2) is 4.99 Å². The number of benzene rings is 1. The van der Waals surface area contributed by atoms with E-state index in [0.29, 0.717) is 18.6 Å². The highest BCUT2D eigenvalue weighted by Gasteiger charge is 2.21. The van der Waals surface area contributed by atoms with Crippen LogP contribution >= 0.6 is 0 Å². The molecule has 1 fully saturated rings. The molecule has 1 saturated heterocycles. The van der Waals surface area contributed by atoms with Gasteiger partial charge in [-0.1, -0.05) is 31.2 Å². The number of hydrogen-bond acceptors (Lipinski definition) is 3. The van der Waals surface area contributed by atoms with Gasteiger partial charge in [0.05, 0.1) is 6.54 Å². The normalized spacial score (nSPS) is 16.9. The van der Waals surface area contributed by atoms with E-state index < -0.39 is 0 Å². The zero-order chi connectivity index (χ0) is 19.6. The second-order valence-corrected chi connectivity index (χ2v) is 7.89. The average Bonchev–Trinajstić information content (AvgIpc) is 2.67. The van der Waals surface area contributed by atoms with Gasteiger partial charge in [0, 0.05) is 38.3 Å². The Morgan fingerprint density at radius 3 is 2.56 bits per heavy atom. The van der Waals surface area contributed by atoms with Crippen LogP contribution < -0.4 is 10.6 Å². The number of nitrogens with one attached hydrogen (secondary N) is 2. The molecular formula is C22H39N5. The Morgan fingerprint density at radius 2 is 1.93 bits per heavy atom. The molecule has 5 nitrogen and oxygen atoms in total. The number of aliphatic imine (C=N–C) groups is 1. The van der Waals surface area contributed by atoms with Crippen molar-refractivity contribution in [2.75, 3.05) is 33.2 Å². The smallest absolute Gasteiger partial charge is 0.191 e. The summed E-state index contributed by atoms with van der Waals surface area (Å²) in [5, 5.41) is 7.05. The first kappa shape index (κ1) is 21.7. The van der Waals surface area contributed by atoms with Crippen molar-refractivity contribution in [2.45, 2.75) is 65.7 Å². The molecule has 0 atom stereocenters. The zero-order valence-electron chi connectivity index (χ0n) is 18.0. The summed E-state index contributed by atoms with van der Waals surface area (Å²) < 4.78 is 0. The fourth-order valence-corrected chi connectivity index (χ4v) is 3.49. The Labute approximate surface area is 166 Å². The lowest BCUT2D eigenvalue weighted by Gasteiger charge is -2.35. The first-order valence-electron chi connectivity index (χ1n) is 10.6. The van der Waals surface area contributed by atoms with E-state index in [0.717, 1.165) is 25.6 Å². The van der Waals surface area contributed by atoms with Crippen LogP contribution in [0.25, 0.3) is 0 Å². The van der Waals surface area contributed by atoms with Crippen molar-refractivity contribution in [1.29, 1.82) is 0 Å². The quantitative estimate of drug-likeness (QED) is 0.543. The maximum atomic E-state index is 4.84. The number of likely N-dealkylation sites (tertiary alicyclic amines) is 1. The van der Waals surface area contributed by atoms with Crippen molar-refractivity contribution in [3.8, 4) is 0 Å². The lowest BCUT2D eigenvalue weighted by Crippen LogP contribution is -2.49. The molecule has 2 N–H and O–H groups in total. The van der Waals surface area contributed by atoms with E-state index in [1.807, 2.05) is 0 Å². The first-order chi connectivity index (χ1) is 13.0. The minimum Gasteiger partial charge on any atom is -0.357 e. The largest absolute Gasteiger partial charge is 0.357 e. The van der Waals surface area contributed by atoms with Gasteiger partial charge in [-0.3, -0.25) is 0 Å². The van der Waals surface area contributed by atoms with Gasteiger partial charge < -0.3 is 20.4 Å². The van der Waals surface area contributed by atoms with Gasteiger partial charge in [0.15, 0.2) is 5.96 Å². The van der Waals surface area contributed by atoms with Crippen LogP contribution in [0.3, 0.4) is 0 Å². The fourth-order valence-electron chi connectivity index (χ4n) is 3.49. The predicted octanol–water partition coefficient (Wildman–Crippen LogP) is 3.07. The van der Waals surface area contributed by atoms with E-state index in [9.17, 15) is 0 Å². The van der Waals surface area contributed by atoms with Gasteiger partial charge in [-0.05, 0) is 58.3 Å². The minimum absolute atomic E-state index is 0.516. The molecular weight excluding hydrogens is 334 g/mol. The lowest BCUT2D eigenvalue weighted by molar-refractivity contribution is 0.167. The monoisotopic (exact) mass is 373 g/mol. The molecule has 0 spiro atoms. The van der Waals surface area contributed by atoms with E-state index in [1.165, 1.54) is 37.1 Å². The van der Waals surface area contributed by atoms with E-state index in [-0.39, 0.29) is 0 Å². The van der Waals surface area contributed by atoms with E-state index >= 15 is 0 Å². The third kappa shape index (κ3) is 7.51. The van der Waals surface area contributed by atoms with Gasteiger partial charge in [0.2, 0.25) is 0 Å². The van der Waals surface area contributed by atoms with Crippen LogP contribution in [0.1, 0.15) is 51.7 Å². The molecule has 0 saturated carbocycles. The highest BCUT2D eigenvalue weighted by atomic mass is 15.2. The van der Waals surface area contributed by atoms with Crippen LogP contribution in [-0.4, -0.2) is 61.1 Å². The summed E-state index contributed by atoms with van der Waals surface area (Å²) in [6.07, 6.45) is 2.36. The molecule has 0 bridgehead atoms. The zero-order valence-corrected chi connectivity index (χ0v) is 18.0. The van der Waals surface area contributed by atoms with E-state index in [4.69, 9.17) is 4.99 Å². The number of hydrogen-bond donors (Lipinski definition) is 2. The Kier molecular flexibility index (Phi) is 9.08. The van der Waals surface area contributed by atoms with Crippen LogP contribution in [0.15, 0.2) is 29.3 Å². The van der Waals surface area contributed by atoms with Gasteiger partial charge in [0.25, 0.3) is 0 Å². The molecule has 1 aliphatic heterocycles. The molecule has 5 heteroatoms. The van der Waals surface area contributed by atoms with Crippen molar-refractivity contribution < 1.29 is 0 Å². The topological polar surface area (TPSA) is 42.9 Å². The summed E-state index contributed by atoms with van der Waals surface area (Å²) in [4.78, 5) is 9.71. The maximum Gasteiger partial charge on any atom is 0.191 e. The molecule has 2 rings (SSSR count). The highest BCUT2D eigenvalue weighted by molar-refractivity contribution is 5.80. The van der Waals surface area contributed by atoms with Gasteiger partial charge in [0.1, 0.15) is 0 Å². The molecule has 27 heavy (non-hydrogen) atoms. The van der Waals surface area contributed by atoms with Crippen molar-refractivity contribution in [1.82, 2.24) is 20.4 Å². The number of piperidine rings is 1. The maximum absolute atomic E-state index is 4.84. The summed E-state index contributed by atoms with van der Waals surface area (Å²) in [7, 11) is 2.16. The molecule has 1 aromatic carbocycles. The molecule has 152 valence electrons. The summed E-state index contributed by atoms with van der Waals surface area (Å²) >= 11 is 0. The molecule has 1 heterocycles. The van der Waals surface area contributed by atoms with Gasteiger partial charge >= 0.3 is 0 Å². The number of rotatable bonds is 8. The predicted molar refractivity (Wildman–Crippen MR) is 116 cm³/mol. The van der Waals surface area contributed by atoms with Crippen molar-refractivity contribution in [3.05, 3.63) is 35.4 Å². The standard InChI is InChI=1S/C22H39N5/c1-6-23-22(25-21-11-13-27(14-12-21)18(3)4)24-16-19-9-8-10-20(15-19)17-26(5)7-2/h8-10,15,18,21H,6-7,11-14,16-17H2,1-5H3,(H2,23,24,25). The molecule has 0 amide bonds. The van der Waals surface area contributed by atoms with Crippen LogP contribution in [-0.2, 0) is 13.1 Å². The minimum atomic E-state index is 0.516. The van der Waals surface area contributed by atoms with Gasteiger partial charge in [-0.15, -0.1) is 0 Å². The molecule has 0 aromatic heterocycles. The van der Waals surface area contributed by atoms with Crippen molar-refractivity contribution >= 4 is 5.96 Å². The van der Waals surface area contributed by atoms with Crippen LogP contribution in [0.4, 0.5) is 0 Å². The Bertz CT molecular complexity index is 576. The van der Waals surface area contributed by atoms with Crippen molar-refractivity contribution in [2.24, 2.45) is 4.99 Å². The van der Waals surface area contributed by atoms with Crippen LogP contribution in [0.2, 0.25) is 0 Å². The lowest BCUT2D eigenvalue weighted by atomic mass is 10.0. The second-order valence-electron chi connectivity index (χ2n) is 7.89. The fraction of sp³-hybridized carbons (Fsp3) is 0.682. The molecule has 1 aromatic rings. The third-order valence-electron chi connectivity index (χ3n) is 5.35. The molecule has 1 aliphatic rings. The first-order valence-corrected chi connectivity index (χ1v) is 10.6. The molecule has 0 unspecified atom stereocenters. The SMILES string of the molecule is CCNC(=NCc1cccc(CN(C)CC)c1)NC1CCN(C(C)C)CC1. The summed E-state index contributed by atoms with van der Waals surface area (Å²) in [5.41, 5.74) is 2.62. The molecule has 0 aliphatic carbocycles. The summed E-state index contributed by atoms with van der Waals surface area (Å²) in [6.45, 7) is 14.9. The summed E-state index contributed by atoms with van der Waals surface area (Å²) in [5.74, 6) is 0.941. The number of guanidine groups is 1. The molecule has 0 radical (unpaired) electrons. The van der Waals surface area contributed by atoms with Crippen LogP contribution in [0, 0.1) is 0 Å². The second kappa shape index (κ2) is 11.3. The Morgan fingerprint density at radius 1 is 1.22 bits per heavy atom. The highest BCUT2D eigenvalue weighted by Crippen LogP contribution is 2.13. The van der Waals surface area contributed by atoms with Crippen molar-refractivity contribution in [3.63, 3.8) is 0 Å². The Balaban J connectivity index is 1.92. The number of nitrogens with zero attached hydrogens (tertiary/aromatic N) is 3. The third-order valence-corrected chi connectivity index (χ3v) is 5.35. The average molecular weight is 374 g/mol. The van der Waals surface area contributed by atoms with Gasteiger partial charge in [-0.2, -0.15) is 0 Å². The van der Waals surface area contributed by atoms with Crippen LogP contribution in [0.5, 0.6) is 0 Å².